The third kappa shape index (κ3) is 4.33. The van der Waals surface area contributed by atoms with Gasteiger partial charge in [0.25, 0.3) is 5.91 Å². The van der Waals surface area contributed by atoms with Gasteiger partial charge >= 0.3 is 0 Å². The summed E-state index contributed by atoms with van der Waals surface area (Å²) in [6, 6.07) is 11.7. The highest BCUT2D eigenvalue weighted by Crippen LogP contribution is 2.36. The van der Waals surface area contributed by atoms with Crippen LogP contribution in [0.15, 0.2) is 47.4 Å². The second kappa shape index (κ2) is 8.96. The van der Waals surface area contributed by atoms with Crippen molar-refractivity contribution >= 4 is 27.5 Å². The van der Waals surface area contributed by atoms with Gasteiger partial charge in [-0.1, -0.05) is 23.7 Å². The van der Waals surface area contributed by atoms with Gasteiger partial charge in [0.1, 0.15) is 5.75 Å². The predicted octanol–water partition coefficient (Wildman–Crippen LogP) is 4.35. The lowest BCUT2D eigenvalue weighted by atomic mass is 10.0. The number of benzene rings is 2. The highest BCUT2D eigenvalue weighted by Gasteiger charge is 2.33. The zero-order valence-corrected chi connectivity index (χ0v) is 19.2. The second-order valence-corrected chi connectivity index (χ2v) is 10.1. The van der Waals surface area contributed by atoms with Crippen molar-refractivity contribution in [2.24, 2.45) is 0 Å². The van der Waals surface area contributed by atoms with Crippen LogP contribution in [0.25, 0.3) is 0 Å². The largest absolute Gasteiger partial charge is 0.497 e. The molecule has 1 heterocycles. The molecule has 0 aromatic heterocycles. The molecule has 162 valence electrons. The number of hydrogen-bond donors (Lipinski definition) is 0. The van der Waals surface area contributed by atoms with Gasteiger partial charge in [-0.2, -0.15) is 4.31 Å². The maximum absolute atomic E-state index is 13.4. The van der Waals surface area contributed by atoms with E-state index in [9.17, 15) is 13.2 Å². The number of methoxy groups -OCH3 is 1. The normalized spacial score (nSPS) is 17.0. The number of rotatable bonds is 6. The zero-order chi connectivity index (χ0) is 22.1. The molecule has 0 saturated carbocycles. The maximum atomic E-state index is 13.4. The van der Waals surface area contributed by atoms with E-state index in [0.29, 0.717) is 6.54 Å². The van der Waals surface area contributed by atoms with Crippen LogP contribution >= 0.6 is 11.6 Å². The smallest absolute Gasteiger partial charge is 0.255 e. The standard InChI is InChI=1S/C22H27ClN2O4S/c1-15(2)24(3)30(27,28)18-10-11-20(23)19(14-18)22(26)25-12-6-9-21(25)16-7-5-8-17(13-16)29-4/h5,7-8,10-11,13-15,21H,6,9,12H2,1-4H3. The summed E-state index contributed by atoms with van der Waals surface area (Å²) in [4.78, 5) is 15.2. The SMILES string of the molecule is COc1cccc(C2CCCN2C(=O)c2cc(S(=O)(=O)N(C)C(C)C)ccc2Cl)c1. The molecular formula is C22H27ClN2O4S. The number of halogens is 1. The molecule has 2 aromatic rings. The summed E-state index contributed by atoms with van der Waals surface area (Å²) in [5.74, 6) is 0.462. The van der Waals surface area contributed by atoms with E-state index < -0.39 is 10.0 Å². The van der Waals surface area contributed by atoms with E-state index in [0.717, 1.165) is 24.2 Å². The molecule has 1 unspecified atom stereocenters. The van der Waals surface area contributed by atoms with E-state index in [2.05, 4.69) is 0 Å². The molecule has 0 N–H and O–H groups in total. The molecular weight excluding hydrogens is 424 g/mol. The van der Waals surface area contributed by atoms with E-state index in [1.54, 1.807) is 25.9 Å². The topological polar surface area (TPSA) is 66.9 Å². The van der Waals surface area contributed by atoms with E-state index in [1.165, 1.54) is 29.6 Å². The van der Waals surface area contributed by atoms with Gasteiger partial charge in [-0.3, -0.25) is 4.79 Å². The lowest BCUT2D eigenvalue weighted by Gasteiger charge is -2.26. The summed E-state index contributed by atoms with van der Waals surface area (Å²) in [6.45, 7) is 4.17. The first-order valence-corrected chi connectivity index (χ1v) is 11.7. The fourth-order valence-electron chi connectivity index (χ4n) is 3.63. The van der Waals surface area contributed by atoms with Crippen LogP contribution in [0.2, 0.25) is 5.02 Å². The van der Waals surface area contributed by atoms with Crippen LogP contribution < -0.4 is 4.74 Å². The quantitative estimate of drug-likeness (QED) is 0.656. The van der Waals surface area contributed by atoms with Gasteiger partial charge < -0.3 is 9.64 Å². The molecule has 3 rings (SSSR count). The fraction of sp³-hybridized carbons (Fsp3) is 0.409. The average Bonchev–Trinajstić information content (AvgIpc) is 3.22. The molecule has 1 aliphatic heterocycles. The van der Waals surface area contributed by atoms with Crippen LogP contribution in [-0.2, 0) is 10.0 Å². The third-order valence-corrected chi connectivity index (χ3v) is 7.92. The van der Waals surface area contributed by atoms with E-state index in [1.807, 2.05) is 24.3 Å². The van der Waals surface area contributed by atoms with Crippen molar-refractivity contribution < 1.29 is 17.9 Å². The maximum Gasteiger partial charge on any atom is 0.255 e. The third-order valence-electron chi connectivity index (χ3n) is 5.56. The molecule has 30 heavy (non-hydrogen) atoms. The fourth-order valence-corrected chi connectivity index (χ4v) is 5.23. The number of carbonyl (C=O) groups is 1. The molecule has 1 saturated heterocycles. The number of ether oxygens (including phenoxy) is 1. The molecule has 1 aliphatic rings. The summed E-state index contributed by atoms with van der Waals surface area (Å²) >= 11 is 6.33. The summed E-state index contributed by atoms with van der Waals surface area (Å²) in [6.07, 6.45) is 1.68. The summed E-state index contributed by atoms with van der Waals surface area (Å²) in [5.41, 5.74) is 1.18. The van der Waals surface area contributed by atoms with E-state index in [-0.39, 0.29) is 33.5 Å². The number of hydrogen-bond acceptors (Lipinski definition) is 4. The van der Waals surface area contributed by atoms with Gasteiger partial charge in [-0.15, -0.1) is 0 Å². The number of sulfonamides is 1. The van der Waals surface area contributed by atoms with Crippen molar-refractivity contribution in [3.05, 3.63) is 58.6 Å². The van der Waals surface area contributed by atoms with Crippen LogP contribution in [0.1, 0.15) is 48.7 Å². The monoisotopic (exact) mass is 450 g/mol. The Labute approximate surface area is 183 Å². The predicted molar refractivity (Wildman–Crippen MR) is 118 cm³/mol. The first-order valence-electron chi connectivity index (χ1n) is 9.89. The summed E-state index contributed by atoms with van der Waals surface area (Å²) in [7, 11) is -0.591. The van der Waals surface area contributed by atoms with Crippen LogP contribution in [-0.4, -0.2) is 50.3 Å². The second-order valence-electron chi connectivity index (χ2n) is 7.69. The first-order chi connectivity index (χ1) is 14.2. The van der Waals surface area contributed by atoms with Crippen LogP contribution in [0.4, 0.5) is 0 Å². The molecule has 2 aromatic carbocycles. The van der Waals surface area contributed by atoms with Crippen molar-refractivity contribution in [2.75, 3.05) is 20.7 Å². The molecule has 8 heteroatoms. The van der Waals surface area contributed by atoms with E-state index >= 15 is 0 Å². The highest BCUT2D eigenvalue weighted by atomic mass is 35.5. The van der Waals surface area contributed by atoms with E-state index in [4.69, 9.17) is 16.3 Å². The van der Waals surface area contributed by atoms with Crippen molar-refractivity contribution in [1.82, 2.24) is 9.21 Å². The molecule has 1 fully saturated rings. The lowest BCUT2D eigenvalue weighted by Crippen LogP contribution is -2.34. The minimum absolute atomic E-state index is 0.0589. The van der Waals surface area contributed by atoms with Gasteiger partial charge in [0.15, 0.2) is 0 Å². The van der Waals surface area contributed by atoms with Crippen LogP contribution in [0, 0.1) is 0 Å². The van der Waals surface area contributed by atoms with Gasteiger partial charge in [-0.05, 0) is 62.6 Å². The minimum atomic E-state index is -3.72. The Kier molecular flexibility index (Phi) is 6.75. The summed E-state index contributed by atoms with van der Waals surface area (Å²) in [5, 5.41) is 0.238. The Morgan fingerprint density at radius 3 is 2.63 bits per heavy atom. The Hall–Kier alpha value is -2.09. The van der Waals surface area contributed by atoms with Gasteiger partial charge in [0.05, 0.1) is 28.6 Å². The Bertz CT molecular complexity index is 1040. The minimum Gasteiger partial charge on any atom is -0.497 e. The number of carbonyl (C=O) groups excluding carboxylic acids is 1. The number of nitrogens with zero attached hydrogens (tertiary/aromatic N) is 2. The van der Waals surface area contributed by atoms with Crippen molar-refractivity contribution in [3.8, 4) is 5.75 Å². The Morgan fingerprint density at radius 2 is 1.97 bits per heavy atom. The van der Waals surface area contributed by atoms with Crippen molar-refractivity contribution in [3.63, 3.8) is 0 Å². The molecule has 0 spiro atoms. The Balaban J connectivity index is 1.96. The molecule has 1 atom stereocenters. The van der Waals surface area contributed by atoms with Gasteiger partial charge in [0.2, 0.25) is 10.0 Å². The summed E-state index contributed by atoms with van der Waals surface area (Å²) < 4.78 is 32.4. The first kappa shape index (κ1) is 22.6. The molecule has 6 nitrogen and oxygen atoms in total. The lowest BCUT2D eigenvalue weighted by molar-refractivity contribution is 0.0735. The van der Waals surface area contributed by atoms with Crippen molar-refractivity contribution in [2.45, 2.75) is 43.7 Å². The van der Waals surface area contributed by atoms with Gasteiger partial charge in [0, 0.05) is 19.6 Å². The average molecular weight is 451 g/mol. The van der Waals surface area contributed by atoms with Crippen LogP contribution in [0.3, 0.4) is 0 Å². The molecule has 1 amide bonds. The Morgan fingerprint density at radius 1 is 1.23 bits per heavy atom. The van der Waals surface area contributed by atoms with Gasteiger partial charge in [-0.25, -0.2) is 8.42 Å². The molecule has 0 aliphatic carbocycles. The number of likely N-dealkylation sites (tertiary alicyclic amines) is 1. The van der Waals surface area contributed by atoms with Crippen LogP contribution in [0.5, 0.6) is 5.75 Å². The molecule has 0 bridgehead atoms. The van der Waals surface area contributed by atoms with Crippen molar-refractivity contribution in [1.29, 1.82) is 0 Å². The number of amides is 1. The highest BCUT2D eigenvalue weighted by molar-refractivity contribution is 7.89. The molecule has 0 radical (unpaired) electrons. The zero-order valence-electron chi connectivity index (χ0n) is 17.6.